The molecule has 0 aliphatic rings. The molecule has 0 aliphatic carbocycles. The van der Waals surface area contributed by atoms with Gasteiger partial charge in [-0.05, 0) is 24.1 Å². The van der Waals surface area contributed by atoms with Gasteiger partial charge >= 0.3 is 0 Å². The van der Waals surface area contributed by atoms with Crippen LogP contribution in [0.3, 0.4) is 0 Å². The van der Waals surface area contributed by atoms with Gasteiger partial charge in [-0.2, -0.15) is 0 Å². The van der Waals surface area contributed by atoms with Crippen molar-refractivity contribution in [3.05, 3.63) is 23.9 Å². The van der Waals surface area contributed by atoms with Crippen molar-refractivity contribution in [3.8, 4) is 0 Å². The lowest BCUT2D eigenvalue weighted by Gasteiger charge is -2.14. The van der Waals surface area contributed by atoms with Crippen molar-refractivity contribution in [3.63, 3.8) is 0 Å². The van der Waals surface area contributed by atoms with Gasteiger partial charge in [0.15, 0.2) is 5.96 Å². The fourth-order valence-corrected chi connectivity index (χ4v) is 1.80. The average Bonchev–Trinajstić information content (AvgIpc) is 2.47. The summed E-state index contributed by atoms with van der Waals surface area (Å²) in [6.45, 7) is 3.92. The molecule has 6 heteroatoms. The summed E-state index contributed by atoms with van der Waals surface area (Å²) in [5, 5.41) is 6.65. The Balaban J connectivity index is 0.00000400. The molecule has 0 spiro atoms. The molecule has 0 saturated heterocycles. The fraction of sp³-hybridized carbons (Fsp3) is 0.600. The minimum atomic E-state index is 0. The molecule has 0 atom stereocenters. The Hall–Kier alpha value is -1.05. The molecule has 0 aromatic carbocycles. The van der Waals surface area contributed by atoms with Crippen LogP contribution in [0.2, 0.25) is 0 Å². The van der Waals surface area contributed by atoms with Crippen LogP contribution >= 0.6 is 24.0 Å². The van der Waals surface area contributed by atoms with E-state index >= 15 is 0 Å². The van der Waals surface area contributed by atoms with E-state index < -0.39 is 0 Å². The van der Waals surface area contributed by atoms with Gasteiger partial charge in [0.05, 0.1) is 0 Å². The quantitative estimate of drug-likeness (QED) is 0.317. The Morgan fingerprint density at radius 2 is 2.05 bits per heavy atom. The van der Waals surface area contributed by atoms with E-state index in [2.05, 4.69) is 33.6 Å². The predicted octanol–water partition coefficient (Wildman–Crippen LogP) is 2.62. The number of anilines is 1. The third-order valence-electron chi connectivity index (χ3n) is 3.02. The normalized spacial score (nSPS) is 10.8. The number of guanidine groups is 1. The summed E-state index contributed by atoms with van der Waals surface area (Å²) in [5.74, 6) is 1.82. The molecular formula is C15H28IN5. The van der Waals surface area contributed by atoms with Crippen LogP contribution in [0, 0.1) is 0 Å². The second-order valence-corrected chi connectivity index (χ2v) is 4.98. The van der Waals surface area contributed by atoms with Crippen molar-refractivity contribution in [2.75, 3.05) is 32.6 Å². The van der Waals surface area contributed by atoms with Crippen LogP contribution in [0.15, 0.2) is 23.3 Å². The van der Waals surface area contributed by atoms with Gasteiger partial charge in [0, 0.05) is 40.4 Å². The van der Waals surface area contributed by atoms with E-state index in [0.29, 0.717) is 0 Å². The summed E-state index contributed by atoms with van der Waals surface area (Å²) in [7, 11) is 5.79. The molecule has 0 fully saturated rings. The maximum atomic E-state index is 4.31. The third kappa shape index (κ3) is 8.08. The van der Waals surface area contributed by atoms with Crippen molar-refractivity contribution in [2.45, 2.75) is 32.7 Å². The van der Waals surface area contributed by atoms with E-state index in [1.807, 2.05) is 31.3 Å². The lowest BCUT2D eigenvalue weighted by Crippen LogP contribution is -2.37. The summed E-state index contributed by atoms with van der Waals surface area (Å²) in [4.78, 5) is 10.5. The number of aromatic nitrogens is 1. The van der Waals surface area contributed by atoms with Crippen LogP contribution in [0.1, 0.15) is 31.7 Å². The third-order valence-corrected chi connectivity index (χ3v) is 3.02. The average molecular weight is 405 g/mol. The second kappa shape index (κ2) is 11.6. The molecule has 1 rings (SSSR count). The highest BCUT2D eigenvalue weighted by Crippen LogP contribution is 2.09. The first-order valence-corrected chi connectivity index (χ1v) is 7.24. The zero-order valence-corrected chi connectivity index (χ0v) is 15.8. The van der Waals surface area contributed by atoms with Crippen LogP contribution in [0.5, 0.6) is 0 Å². The molecule has 0 saturated carbocycles. The van der Waals surface area contributed by atoms with E-state index in [9.17, 15) is 0 Å². The molecule has 2 N–H and O–H groups in total. The molecule has 0 radical (unpaired) electrons. The first-order chi connectivity index (χ1) is 9.67. The number of nitrogens with zero attached hydrogens (tertiary/aromatic N) is 3. The highest BCUT2D eigenvalue weighted by atomic mass is 127. The highest BCUT2D eigenvalue weighted by molar-refractivity contribution is 14.0. The summed E-state index contributed by atoms with van der Waals surface area (Å²) >= 11 is 0. The number of hydrogen-bond acceptors (Lipinski definition) is 3. The van der Waals surface area contributed by atoms with E-state index in [0.717, 1.165) is 24.9 Å². The Labute approximate surface area is 145 Å². The number of rotatable bonds is 7. The molecule has 1 heterocycles. The molecular weight excluding hydrogens is 377 g/mol. The number of hydrogen-bond donors (Lipinski definition) is 2. The largest absolute Gasteiger partial charge is 0.363 e. The summed E-state index contributed by atoms with van der Waals surface area (Å²) in [6.07, 6.45) is 5.50. The van der Waals surface area contributed by atoms with Crippen molar-refractivity contribution in [1.82, 2.24) is 15.6 Å². The lowest BCUT2D eigenvalue weighted by atomic mass is 10.2. The maximum absolute atomic E-state index is 4.31. The van der Waals surface area contributed by atoms with Gasteiger partial charge in [-0.15, -0.1) is 24.0 Å². The maximum Gasteiger partial charge on any atom is 0.191 e. The Bertz CT molecular complexity index is 420. The number of unbranched alkanes of at least 4 members (excludes halogenated alkanes) is 2. The van der Waals surface area contributed by atoms with E-state index in [1.54, 1.807) is 7.05 Å². The van der Waals surface area contributed by atoms with Gasteiger partial charge in [-0.3, -0.25) is 4.99 Å². The zero-order chi connectivity index (χ0) is 14.8. The second-order valence-electron chi connectivity index (χ2n) is 4.98. The standard InChI is InChI=1S/C15H27N5.HI/c1-5-6-7-9-18-15(16-2)19-12-13-8-10-17-14(11-13)20(3)4;/h8,10-11H,5-7,9,12H2,1-4H3,(H2,16,18,19);1H. The first-order valence-electron chi connectivity index (χ1n) is 7.24. The Kier molecular flexibility index (Phi) is 11.0. The van der Waals surface area contributed by atoms with Gasteiger partial charge in [-0.1, -0.05) is 19.8 Å². The van der Waals surface area contributed by atoms with Gasteiger partial charge in [0.2, 0.25) is 0 Å². The van der Waals surface area contributed by atoms with E-state index in [1.165, 1.54) is 24.8 Å². The molecule has 0 amide bonds. The summed E-state index contributed by atoms with van der Waals surface area (Å²) < 4.78 is 0. The topological polar surface area (TPSA) is 52.6 Å². The predicted molar refractivity (Wildman–Crippen MR) is 102 cm³/mol. The zero-order valence-electron chi connectivity index (χ0n) is 13.5. The molecule has 5 nitrogen and oxygen atoms in total. The molecule has 1 aromatic heterocycles. The van der Waals surface area contributed by atoms with Crippen molar-refractivity contribution in [2.24, 2.45) is 4.99 Å². The number of pyridine rings is 1. The van der Waals surface area contributed by atoms with Crippen LogP contribution < -0.4 is 15.5 Å². The van der Waals surface area contributed by atoms with E-state index in [-0.39, 0.29) is 24.0 Å². The van der Waals surface area contributed by atoms with Gasteiger partial charge in [0.1, 0.15) is 5.82 Å². The molecule has 0 bridgehead atoms. The fourth-order valence-electron chi connectivity index (χ4n) is 1.80. The SMILES string of the molecule is CCCCCNC(=NC)NCc1ccnc(N(C)C)c1.I. The highest BCUT2D eigenvalue weighted by Gasteiger charge is 2.01. The van der Waals surface area contributed by atoms with Gasteiger partial charge in [0.25, 0.3) is 0 Å². The number of halogens is 1. The molecule has 1 aromatic rings. The molecule has 0 aliphatic heterocycles. The monoisotopic (exact) mass is 405 g/mol. The number of aliphatic imine (C=N–C) groups is 1. The minimum absolute atomic E-state index is 0. The van der Waals surface area contributed by atoms with Crippen molar-refractivity contribution >= 4 is 35.8 Å². The smallest absolute Gasteiger partial charge is 0.191 e. The summed E-state index contributed by atoms with van der Waals surface area (Å²) in [5.41, 5.74) is 1.19. The Morgan fingerprint density at radius 3 is 2.67 bits per heavy atom. The van der Waals surface area contributed by atoms with Crippen LogP contribution in [-0.4, -0.2) is 38.6 Å². The molecule has 120 valence electrons. The van der Waals surface area contributed by atoms with Gasteiger partial charge in [-0.25, -0.2) is 4.98 Å². The van der Waals surface area contributed by atoms with E-state index in [4.69, 9.17) is 0 Å². The molecule has 21 heavy (non-hydrogen) atoms. The van der Waals surface area contributed by atoms with Crippen molar-refractivity contribution < 1.29 is 0 Å². The van der Waals surface area contributed by atoms with Crippen LogP contribution in [0.25, 0.3) is 0 Å². The summed E-state index contributed by atoms with van der Waals surface area (Å²) in [6, 6.07) is 4.10. The van der Waals surface area contributed by atoms with Gasteiger partial charge < -0.3 is 15.5 Å². The first kappa shape index (κ1) is 19.9. The lowest BCUT2D eigenvalue weighted by molar-refractivity contribution is 0.682. The molecule has 0 unspecified atom stereocenters. The van der Waals surface area contributed by atoms with Crippen LogP contribution in [-0.2, 0) is 6.54 Å². The van der Waals surface area contributed by atoms with Crippen LogP contribution in [0.4, 0.5) is 5.82 Å². The van der Waals surface area contributed by atoms with Crippen molar-refractivity contribution in [1.29, 1.82) is 0 Å². The number of nitrogens with one attached hydrogen (secondary N) is 2. The minimum Gasteiger partial charge on any atom is -0.363 e. The Morgan fingerprint density at radius 1 is 1.29 bits per heavy atom.